The number of hydrogen-bond donors (Lipinski definition) is 2. The summed E-state index contributed by atoms with van der Waals surface area (Å²) in [5, 5.41) is 7.94. The SMILES string of the molecule is O=C(Nc1ccccc1C(=O)NCC1(N2CCOCC2)CCCCC1)c1cccs1. The van der Waals surface area contributed by atoms with Crippen LogP contribution in [0.2, 0.25) is 0 Å². The Bertz CT molecular complexity index is 856. The van der Waals surface area contributed by atoms with Gasteiger partial charge in [0.2, 0.25) is 0 Å². The molecule has 30 heavy (non-hydrogen) atoms. The second kappa shape index (κ2) is 9.73. The fourth-order valence-electron chi connectivity index (χ4n) is 4.57. The van der Waals surface area contributed by atoms with Gasteiger partial charge in [0, 0.05) is 25.2 Å². The molecule has 2 heterocycles. The Morgan fingerprint density at radius 2 is 1.77 bits per heavy atom. The number of carbonyl (C=O) groups is 2. The summed E-state index contributed by atoms with van der Waals surface area (Å²) < 4.78 is 5.55. The van der Waals surface area contributed by atoms with Gasteiger partial charge in [0.1, 0.15) is 0 Å². The van der Waals surface area contributed by atoms with Crippen molar-refractivity contribution in [3.8, 4) is 0 Å². The summed E-state index contributed by atoms with van der Waals surface area (Å²) in [5.41, 5.74) is 1.04. The Morgan fingerprint density at radius 3 is 2.50 bits per heavy atom. The number of nitrogens with zero attached hydrogens (tertiary/aromatic N) is 1. The van der Waals surface area contributed by atoms with E-state index in [0.717, 1.165) is 39.1 Å². The van der Waals surface area contributed by atoms with E-state index in [1.54, 1.807) is 18.2 Å². The molecule has 0 spiro atoms. The van der Waals surface area contributed by atoms with Crippen LogP contribution in [0.15, 0.2) is 41.8 Å². The highest BCUT2D eigenvalue weighted by atomic mass is 32.1. The summed E-state index contributed by atoms with van der Waals surface area (Å²) >= 11 is 1.38. The van der Waals surface area contributed by atoms with Gasteiger partial charge in [-0.25, -0.2) is 0 Å². The molecule has 2 aliphatic rings. The Labute approximate surface area is 181 Å². The molecule has 1 aliphatic heterocycles. The number of morpholine rings is 1. The van der Waals surface area contributed by atoms with E-state index in [1.165, 1.54) is 30.6 Å². The smallest absolute Gasteiger partial charge is 0.265 e. The van der Waals surface area contributed by atoms with E-state index in [4.69, 9.17) is 4.74 Å². The van der Waals surface area contributed by atoms with E-state index in [1.807, 2.05) is 23.6 Å². The van der Waals surface area contributed by atoms with E-state index in [2.05, 4.69) is 15.5 Å². The van der Waals surface area contributed by atoms with Gasteiger partial charge in [0.05, 0.1) is 29.3 Å². The van der Waals surface area contributed by atoms with Crippen molar-refractivity contribution in [1.29, 1.82) is 0 Å². The van der Waals surface area contributed by atoms with Crippen LogP contribution in [-0.4, -0.2) is 55.1 Å². The molecule has 1 aromatic heterocycles. The first kappa shape index (κ1) is 21.0. The maximum atomic E-state index is 13.1. The van der Waals surface area contributed by atoms with Gasteiger partial charge in [-0.15, -0.1) is 11.3 Å². The van der Waals surface area contributed by atoms with Crippen LogP contribution < -0.4 is 10.6 Å². The fraction of sp³-hybridized carbons (Fsp3) is 0.478. The predicted octanol–water partition coefficient (Wildman–Crippen LogP) is 3.77. The van der Waals surface area contributed by atoms with Crippen molar-refractivity contribution < 1.29 is 14.3 Å². The number of para-hydroxylation sites is 1. The summed E-state index contributed by atoms with van der Waals surface area (Å²) in [7, 11) is 0. The van der Waals surface area contributed by atoms with Crippen LogP contribution in [0.5, 0.6) is 0 Å². The lowest BCUT2D eigenvalue weighted by molar-refractivity contribution is -0.0361. The lowest BCUT2D eigenvalue weighted by Gasteiger charge is -2.48. The van der Waals surface area contributed by atoms with Crippen LogP contribution in [0.3, 0.4) is 0 Å². The van der Waals surface area contributed by atoms with Gasteiger partial charge in [-0.3, -0.25) is 14.5 Å². The van der Waals surface area contributed by atoms with Gasteiger partial charge in [0.15, 0.2) is 0 Å². The number of benzene rings is 1. The molecule has 160 valence electrons. The van der Waals surface area contributed by atoms with Gasteiger partial charge in [0.25, 0.3) is 11.8 Å². The Morgan fingerprint density at radius 1 is 1.00 bits per heavy atom. The summed E-state index contributed by atoms with van der Waals surface area (Å²) in [6, 6.07) is 10.8. The van der Waals surface area contributed by atoms with Crippen molar-refractivity contribution in [2.45, 2.75) is 37.6 Å². The van der Waals surface area contributed by atoms with Crippen molar-refractivity contribution in [2.75, 3.05) is 38.2 Å². The first-order chi connectivity index (χ1) is 14.7. The van der Waals surface area contributed by atoms with Gasteiger partial charge >= 0.3 is 0 Å². The first-order valence-electron chi connectivity index (χ1n) is 10.7. The van der Waals surface area contributed by atoms with Crippen molar-refractivity contribution in [2.24, 2.45) is 0 Å². The lowest BCUT2D eigenvalue weighted by Crippen LogP contribution is -2.59. The van der Waals surface area contributed by atoms with E-state index >= 15 is 0 Å². The average molecular weight is 428 g/mol. The van der Waals surface area contributed by atoms with Crippen LogP contribution in [0.25, 0.3) is 0 Å². The summed E-state index contributed by atoms with van der Waals surface area (Å²) in [5.74, 6) is -0.336. The molecule has 0 bridgehead atoms. The summed E-state index contributed by atoms with van der Waals surface area (Å²) in [4.78, 5) is 28.7. The van der Waals surface area contributed by atoms with E-state index in [-0.39, 0.29) is 17.4 Å². The van der Waals surface area contributed by atoms with Crippen molar-refractivity contribution in [3.05, 3.63) is 52.2 Å². The third-order valence-corrected chi connectivity index (χ3v) is 7.08. The molecule has 0 unspecified atom stereocenters. The molecule has 1 saturated carbocycles. The maximum absolute atomic E-state index is 13.1. The topological polar surface area (TPSA) is 70.7 Å². The van der Waals surface area contributed by atoms with Gasteiger partial charge in [-0.05, 0) is 36.4 Å². The molecule has 0 radical (unpaired) electrons. The molecule has 1 aliphatic carbocycles. The van der Waals surface area contributed by atoms with Crippen LogP contribution >= 0.6 is 11.3 Å². The zero-order valence-electron chi connectivity index (χ0n) is 17.2. The largest absolute Gasteiger partial charge is 0.379 e. The van der Waals surface area contributed by atoms with Crippen LogP contribution in [0.1, 0.15) is 52.1 Å². The minimum atomic E-state index is -0.192. The highest BCUT2D eigenvalue weighted by Gasteiger charge is 2.39. The van der Waals surface area contributed by atoms with Crippen LogP contribution in [0.4, 0.5) is 5.69 Å². The number of ether oxygens (including phenoxy) is 1. The van der Waals surface area contributed by atoms with Crippen LogP contribution in [-0.2, 0) is 4.74 Å². The zero-order valence-corrected chi connectivity index (χ0v) is 18.0. The number of carbonyl (C=O) groups excluding carboxylic acids is 2. The number of rotatable bonds is 6. The molecule has 2 amide bonds. The lowest BCUT2D eigenvalue weighted by atomic mass is 9.79. The first-order valence-corrected chi connectivity index (χ1v) is 11.6. The Balaban J connectivity index is 1.46. The van der Waals surface area contributed by atoms with Crippen molar-refractivity contribution in [1.82, 2.24) is 10.2 Å². The molecule has 7 heteroatoms. The normalized spacial score (nSPS) is 19.2. The number of thiophene rings is 1. The van der Waals surface area contributed by atoms with Gasteiger partial charge < -0.3 is 15.4 Å². The molecular weight excluding hydrogens is 398 g/mol. The second-order valence-electron chi connectivity index (χ2n) is 8.04. The molecule has 4 rings (SSSR count). The van der Waals surface area contributed by atoms with Gasteiger partial charge in [-0.2, -0.15) is 0 Å². The van der Waals surface area contributed by atoms with Crippen molar-refractivity contribution >= 4 is 28.8 Å². The van der Waals surface area contributed by atoms with Crippen LogP contribution in [0, 0.1) is 0 Å². The quantitative estimate of drug-likeness (QED) is 0.736. The predicted molar refractivity (Wildman–Crippen MR) is 119 cm³/mol. The zero-order chi connectivity index (χ0) is 20.8. The number of amides is 2. The fourth-order valence-corrected chi connectivity index (χ4v) is 5.19. The molecule has 1 aromatic carbocycles. The molecule has 1 saturated heterocycles. The summed E-state index contributed by atoms with van der Waals surface area (Å²) in [6.45, 7) is 3.98. The van der Waals surface area contributed by atoms with Crippen molar-refractivity contribution in [3.63, 3.8) is 0 Å². The summed E-state index contributed by atoms with van der Waals surface area (Å²) in [6.07, 6.45) is 5.85. The minimum absolute atomic E-state index is 0.00680. The number of hydrogen-bond acceptors (Lipinski definition) is 5. The maximum Gasteiger partial charge on any atom is 0.265 e. The highest BCUT2D eigenvalue weighted by Crippen LogP contribution is 2.34. The standard InChI is InChI=1S/C23H29N3O3S/c27-21(18-7-2-3-8-19(18)25-22(28)20-9-6-16-30-20)24-17-23(10-4-1-5-11-23)26-12-14-29-15-13-26/h2-3,6-9,16H,1,4-5,10-15,17H2,(H,24,27)(H,25,28). The van der Waals surface area contributed by atoms with E-state index < -0.39 is 0 Å². The monoisotopic (exact) mass is 427 g/mol. The molecule has 0 atom stereocenters. The van der Waals surface area contributed by atoms with Gasteiger partial charge in [-0.1, -0.05) is 37.5 Å². The second-order valence-corrected chi connectivity index (χ2v) is 8.99. The Kier molecular flexibility index (Phi) is 6.82. The average Bonchev–Trinajstić information content (AvgIpc) is 3.34. The molecule has 2 fully saturated rings. The van der Waals surface area contributed by atoms with E-state index in [9.17, 15) is 9.59 Å². The highest BCUT2D eigenvalue weighted by molar-refractivity contribution is 7.12. The molecular formula is C23H29N3O3S. The molecule has 2 aromatic rings. The third kappa shape index (κ3) is 4.74. The third-order valence-electron chi connectivity index (χ3n) is 6.21. The molecule has 6 nitrogen and oxygen atoms in total. The Hall–Kier alpha value is -2.22. The molecule has 2 N–H and O–H groups in total. The minimum Gasteiger partial charge on any atom is -0.379 e. The number of nitrogens with one attached hydrogen (secondary N) is 2. The van der Waals surface area contributed by atoms with E-state index in [0.29, 0.717) is 22.7 Å². The number of anilines is 1.